The molecule has 1 heteroatoms. The van der Waals surface area contributed by atoms with Crippen LogP contribution in [0.5, 0.6) is 0 Å². The van der Waals surface area contributed by atoms with E-state index in [1.54, 1.807) is 6.08 Å². The van der Waals surface area contributed by atoms with E-state index in [0.717, 1.165) is 6.42 Å². The molecule has 1 rings (SSSR count). The monoisotopic (exact) mass is 162 g/mol. The Morgan fingerprint density at radius 2 is 2.00 bits per heavy atom. The minimum atomic E-state index is 0.131. The molecule has 0 heterocycles. The fraction of sp³-hybridized carbons (Fsp3) is 0.273. The van der Waals surface area contributed by atoms with Crippen LogP contribution in [0.4, 0.5) is 0 Å². The molecule has 64 valence electrons. The third-order valence-corrected chi connectivity index (χ3v) is 1.87. The van der Waals surface area contributed by atoms with E-state index in [9.17, 15) is 0 Å². The summed E-state index contributed by atoms with van der Waals surface area (Å²) in [5, 5.41) is 8.53. The number of aryl methyl sites for hydroxylation is 1. The molecule has 0 saturated carbocycles. The van der Waals surface area contributed by atoms with E-state index in [-0.39, 0.29) is 6.61 Å². The zero-order valence-electron chi connectivity index (χ0n) is 7.33. The summed E-state index contributed by atoms with van der Waals surface area (Å²) in [7, 11) is 0. The first-order chi connectivity index (χ1) is 5.84. The first-order valence-electron chi connectivity index (χ1n) is 4.15. The molecule has 0 aromatic heterocycles. The van der Waals surface area contributed by atoms with E-state index >= 15 is 0 Å². The maximum atomic E-state index is 8.53. The minimum absolute atomic E-state index is 0.131. The largest absolute Gasteiger partial charge is 0.392 e. The van der Waals surface area contributed by atoms with Gasteiger partial charge in [-0.2, -0.15) is 0 Å². The van der Waals surface area contributed by atoms with Crippen molar-refractivity contribution in [2.75, 3.05) is 6.61 Å². The summed E-state index contributed by atoms with van der Waals surface area (Å²) in [5.74, 6) is 0. The number of rotatable bonds is 3. The molecule has 0 spiro atoms. The van der Waals surface area contributed by atoms with Crippen molar-refractivity contribution in [3.63, 3.8) is 0 Å². The third-order valence-electron chi connectivity index (χ3n) is 1.87. The lowest BCUT2D eigenvalue weighted by Crippen LogP contribution is -1.85. The van der Waals surface area contributed by atoms with E-state index in [0.29, 0.717) is 0 Å². The molecule has 0 unspecified atom stereocenters. The fourth-order valence-electron chi connectivity index (χ4n) is 1.12. The second-order valence-electron chi connectivity index (χ2n) is 2.78. The summed E-state index contributed by atoms with van der Waals surface area (Å²) in [5.41, 5.74) is 2.63. The number of aliphatic hydroxyl groups is 1. The van der Waals surface area contributed by atoms with Gasteiger partial charge >= 0.3 is 0 Å². The SMILES string of the molecule is Cc1ccccc1CC=CCO. The molecule has 12 heavy (non-hydrogen) atoms. The van der Waals surface area contributed by atoms with Crippen LogP contribution in [0.15, 0.2) is 36.4 Å². The highest BCUT2D eigenvalue weighted by Gasteiger charge is 1.91. The van der Waals surface area contributed by atoms with Crippen LogP contribution in [0.25, 0.3) is 0 Å². The normalized spacial score (nSPS) is 10.8. The predicted molar refractivity (Wildman–Crippen MR) is 51.1 cm³/mol. The maximum absolute atomic E-state index is 8.53. The van der Waals surface area contributed by atoms with Crippen molar-refractivity contribution in [3.05, 3.63) is 47.5 Å². The van der Waals surface area contributed by atoms with Crippen molar-refractivity contribution in [3.8, 4) is 0 Å². The smallest absolute Gasteiger partial charge is 0.0612 e. The number of benzene rings is 1. The van der Waals surface area contributed by atoms with Crippen molar-refractivity contribution < 1.29 is 5.11 Å². The zero-order chi connectivity index (χ0) is 8.81. The number of allylic oxidation sites excluding steroid dienone is 1. The molecule has 1 aromatic rings. The molecule has 0 atom stereocenters. The van der Waals surface area contributed by atoms with Crippen LogP contribution in [0.1, 0.15) is 11.1 Å². The van der Waals surface area contributed by atoms with Gasteiger partial charge in [-0.05, 0) is 24.5 Å². The van der Waals surface area contributed by atoms with E-state index in [1.165, 1.54) is 11.1 Å². The van der Waals surface area contributed by atoms with E-state index in [2.05, 4.69) is 19.1 Å². The molecule has 0 amide bonds. The Hall–Kier alpha value is -1.08. The van der Waals surface area contributed by atoms with Crippen LogP contribution in [0, 0.1) is 6.92 Å². The van der Waals surface area contributed by atoms with E-state index in [1.807, 2.05) is 18.2 Å². The summed E-state index contributed by atoms with van der Waals surface area (Å²) in [6.07, 6.45) is 4.67. The Morgan fingerprint density at radius 3 is 2.67 bits per heavy atom. The Balaban J connectivity index is 2.63. The molecule has 1 N–H and O–H groups in total. The highest BCUT2D eigenvalue weighted by Crippen LogP contribution is 2.07. The topological polar surface area (TPSA) is 20.2 Å². The van der Waals surface area contributed by atoms with Crippen molar-refractivity contribution in [1.29, 1.82) is 0 Å². The van der Waals surface area contributed by atoms with Gasteiger partial charge in [-0.15, -0.1) is 0 Å². The first kappa shape index (κ1) is 9.01. The van der Waals surface area contributed by atoms with Crippen molar-refractivity contribution in [2.24, 2.45) is 0 Å². The van der Waals surface area contributed by atoms with Crippen molar-refractivity contribution in [2.45, 2.75) is 13.3 Å². The molecule has 1 aromatic carbocycles. The van der Waals surface area contributed by atoms with Gasteiger partial charge in [-0.25, -0.2) is 0 Å². The number of hydrogen-bond acceptors (Lipinski definition) is 1. The van der Waals surface area contributed by atoms with Crippen LogP contribution in [0.3, 0.4) is 0 Å². The Labute approximate surface area is 73.4 Å². The minimum Gasteiger partial charge on any atom is -0.392 e. The van der Waals surface area contributed by atoms with E-state index in [4.69, 9.17) is 5.11 Å². The standard InChI is InChI=1S/C11H14O/c1-10-6-2-3-7-11(10)8-4-5-9-12/h2-7,12H,8-9H2,1H3. The number of aliphatic hydroxyl groups excluding tert-OH is 1. The van der Waals surface area contributed by atoms with E-state index < -0.39 is 0 Å². The van der Waals surface area contributed by atoms with Gasteiger partial charge in [0.15, 0.2) is 0 Å². The maximum Gasteiger partial charge on any atom is 0.0612 e. The first-order valence-corrected chi connectivity index (χ1v) is 4.15. The average Bonchev–Trinajstić information content (AvgIpc) is 2.09. The van der Waals surface area contributed by atoms with Gasteiger partial charge in [0, 0.05) is 0 Å². The predicted octanol–water partition coefficient (Wildman–Crippen LogP) is 2.09. The molecule has 0 aliphatic rings. The van der Waals surface area contributed by atoms with Gasteiger partial charge in [-0.1, -0.05) is 36.4 Å². The quantitative estimate of drug-likeness (QED) is 0.675. The van der Waals surface area contributed by atoms with Gasteiger partial charge in [0.05, 0.1) is 6.61 Å². The van der Waals surface area contributed by atoms with Crippen LogP contribution in [-0.2, 0) is 6.42 Å². The van der Waals surface area contributed by atoms with Gasteiger partial charge in [-0.3, -0.25) is 0 Å². The van der Waals surface area contributed by atoms with Gasteiger partial charge < -0.3 is 5.11 Å². The van der Waals surface area contributed by atoms with Crippen LogP contribution < -0.4 is 0 Å². The van der Waals surface area contributed by atoms with Gasteiger partial charge in [0.2, 0.25) is 0 Å². The highest BCUT2D eigenvalue weighted by molar-refractivity contribution is 5.27. The third kappa shape index (κ3) is 2.51. The molecule has 0 fully saturated rings. The van der Waals surface area contributed by atoms with Crippen LogP contribution in [-0.4, -0.2) is 11.7 Å². The highest BCUT2D eigenvalue weighted by atomic mass is 16.2. The molecular weight excluding hydrogens is 148 g/mol. The molecule has 0 bridgehead atoms. The van der Waals surface area contributed by atoms with Gasteiger partial charge in [0.25, 0.3) is 0 Å². The Morgan fingerprint density at radius 1 is 1.25 bits per heavy atom. The molecule has 0 aliphatic carbocycles. The molecular formula is C11H14O. The zero-order valence-corrected chi connectivity index (χ0v) is 7.33. The summed E-state index contributed by atoms with van der Waals surface area (Å²) in [4.78, 5) is 0. The molecule has 0 radical (unpaired) electrons. The lowest BCUT2D eigenvalue weighted by Gasteiger charge is -2.00. The van der Waals surface area contributed by atoms with Gasteiger partial charge in [0.1, 0.15) is 0 Å². The lowest BCUT2D eigenvalue weighted by molar-refractivity contribution is 0.342. The Kier molecular flexibility index (Phi) is 3.55. The molecule has 0 aliphatic heterocycles. The molecule has 0 saturated heterocycles. The summed E-state index contributed by atoms with van der Waals surface area (Å²) in [6.45, 7) is 2.23. The average molecular weight is 162 g/mol. The fourth-order valence-corrected chi connectivity index (χ4v) is 1.12. The van der Waals surface area contributed by atoms with Crippen LogP contribution >= 0.6 is 0 Å². The number of hydrogen-bond donors (Lipinski definition) is 1. The summed E-state index contributed by atoms with van der Waals surface area (Å²) < 4.78 is 0. The second kappa shape index (κ2) is 4.73. The van der Waals surface area contributed by atoms with Crippen molar-refractivity contribution in [1.82, 2.24) is 0 Å². The lowest BCUT2D eigenvalue weighted by atomic mass is 10.1. The summed E-state index contributed by atoms with van der Waals surface area (Å²) in [6, 6.07) is 8.28. The molecule has 1 nitrogen and oxygen atoms in total. The Bertz CT molecular complexity index is 263. The summed E-state index contributed by atoms with van der Waals surface area (Å²) >= 11 is 0. The van der Waals surface area contributed by atoms with Crippen molar-refractivity contribution >= 4 is 0 Å². The van der Waals surface area contributed by atoms with Crippen LogP contribution in [0.2, 0.25) is 0 Å². The second-order valence-corrected chi connectivity index (χ2v) is 2.78.